The summed E-state index contributed by atoms with van der Waals surface area (Å²) in [7, 11) is 5.05. The highest BCUT2D eigenvalue weighted by molar-refractivity contribution is 7.17. The van der Waals surface area contributed by atoms with Crippen LogP contribution in [-0.2, 0) is 6.42 Å². The number of aryl methyl sites for hydroxylation is 1. The minimum atomic E-state index is -0.360. The number of aromatic nitrogens is 3. The number of rotatable bonds is 8. The molecule has 2 heterocycles. The number of methoxy groups -OCH3 is 2. The van der Waals surface area contributed by atoms with Crippen LogP contribution in [0.25, 0.3) is 4.96 Å². The van der Waals surface area contributed by atoms with Gasteiger partial charge in [0.15, 0.2) is 17.3 Å². The van der Waals surface area contributed by atoms with Crippen molar-refractivity contribution in [3.63, 3.8) is 0 Å². The number of aliphatic hydroxyl groups is 1. The molecule has 9 heteroatoms. The maximum absolute atomic E-state index is 10.8. The van der Waals surface area contributed by atoms with Crippen molar-refractivity contribution in [2.24, 2.45) is 0 Å². The lowest BCUT2D eigenvalue weighted by Crippen LogP contribution is -2.28. The predicted octanol–water partition coefficient (Wildman–Crippen LogP) is 2.09. The SMILES string of the molecule is CCc1nc2sc(C(c3cccc(OC)c3OC)N(C)CCO)c(O)n2n1. The molecule has 2 N–H and O–H groups in total. The van der Waals surface area contributed by atoms with Crippen LogP contribution in [0.4, 0.5) is 0 Å². The number of para-hydroxylation sites is 1. The number of benzene rings is 1. The number of hydrogen-bond acceptors (Lipinski definition) is 8. The molecule has 0 aliphatic rings. The van der Waals surface area contributed by atoms with Crippen molar-refractivity contribution in [1.82, 2.24) is 19.5 Å². The second kappa shape index (κ2) is 8.12. The van der Waals surface area contributed by atoms with E-state index in [2.05, 4.69) is 10.1 Å². The Bertz CT molecular complexity index is 924. The lowest BCUT2D eigenvalue weighted by atomic mass is 10.0. The van der Waals surface area contributed by atoms with E-state index in [-0.39, 0.29) is 18.5 Å². The van der Waals surface area contributed by atoms with Gasteiger partial charge in [0, 0.05) is 18.5 Å². The van der Waals surface area contributed by atoms with Crippen LogP contribution >= 0.6 is 11.3 Å². The summed E-state index contributed by atoms with van der Waals surface area (Å²) in [5.41, 5.74) is 0.823. The van der Waals surface area contributed by atoms with E-state index in [9.17, 15) is 10.2 Å². The van der Waals surface area contributed by atoms with Crippen molar-refractivity contribution >= 4 is 16.3 Å². The minimum absolute atomic E-state index is 0.0131. The Balaban J connectivity index is 2.18. The van der Waals surface area contributed by atoms with E-state index in [0.717, 1.165) is 5.56 Å². The molecule has 0 fully saturated rings. The van der Waals surface area contributed by atoms with Gasteiger partial charge in [0.1, 0.15) is 0 Å². The molecular formula is C18H24N4O4S. The lowest BCUT2D eigenvalue weighted by molar-refractivity contribution is 0.194. The third kappa shape index (κ3) is 3.45. The van der Waals surface area contributed by atoms with Gasteiger partial charge in [0.2, 0.25) is 10.8 Å². The number of thiazole rings is 1. The summed E-state index contributed by atoms with van der Waals surface area (Å²) in [6, 6.07) is 5.26. The van der Waals surface area contributed by atoms with Crippen molar-refractivity contribution < 1.29 is 19.7 Å². The standard InChI is InChI=1S/C18H24N4O4S/c1-5-13-19-18-22(20-13)17(24)16(27-18)14(21(2)9-10-23)11-7-6-8-12(25-3)15(11)26-4/h6-8,14,23-24H,5,9-10H2,1-4H3. The van der Waals surface area contributed by atoms with Gasteiger partial charge in [-0.25, -0.2) is 4.98 Å². The van der Waals surface area contributed by atoms with Crippen LogP contribution < -0.4 is 9.47 Å². The normalized spacial score (nSPS) is 12.7. The van der Waals surface area contributed by atoms with E-state index in [0.29, 0.717) is 40.1 Å². The molecule has 0 radical (unpaired) electrons. The zero-order valence-corrected chi connectivity index (χ0v) is 16.7. The van der Waals surface area contributed by atoms with Gasteiger partial charge in [-0.05, 0) is 13.1 Å². The Hall–Kier alpha value is -2.36. The Kier molecular flexibility index (Phi) is 5.83. The largest absolute Gasteiger partial charge is 0.493 e. The summed E-state index contributed by atoms with van der Waals surface area (Å²) in [6.07, 6.45) is 0.695. The molecule has 1 atom stereocenters. The highest BCUT2D eigenvalue weighted by atomic mass is 32.1. The highest BCUT2D eigenvalue weighted by Gasteiger charge is 2.30. The summed E-state index contributed by atoms with van der Waals surface area (Å²) in [5.74, 6) is 1.91. The molecule has 146 valence electrons. The number of nitrogens with zero attached hydrogens (tertiary/aromatic N) is 4. The van der Waals surface area contributed by atoms with Crippen molar-refractivity contribution in [2.45, 2.75) is 19.4 Å². The van der Waals surface area contributed by atoms with Crippen molar-refractivity contribution in [3.05, 3.63) is 34.5 Å². The van der Waals surface area contributed by atoms with E-state index in [1.165, 1.54) is 15.9 Å². The van der Waals surface area contributed by atoms with E-state index in [1.54, 1.807) is 14.2 Å². The fourth-order valence-electron chi connectivity index (χ4n) is 3.11. The molecule has 0 aliphatic carbocycles. The molecule has 0 bridgehead atoms. The van der Waals surface area contributed by atoms with Gasteiger partial charge in [-0.1, -0.05) is 30.4 Å². The van der Waals surface area contributed by atoms with Crippen molar-refractivity contribution in [1.29, 1.82) is 0 Å². The van der Waals surface area contributed by atoms with Crippen LogP contribution in [0.1, 0.15) is 29.2 Å². The molecule has 8 nitrogen and oxygen atoms in total. The molecule has 0 saturated carbocycles. The van der Waals surface area contributed by atoms with Gasteiger partial charge < -0.3 is 19.7 Å². The van der Waals surface area contributed by atoms with E-state index < -0.39 is 0 Å². The van der Waals surface area contributed by atoms with E-state index >= 15 is 0 Å². The molecule has 0 saturated heterocycles. The molecular weight excluding hydrogens is 368 g/mol. The molecule has 2 aromatic heterocycles. The average Bonchev–Trinajstić information content (AvgIpc) is 3.21. The summed E-state index contributed by atoms with van der Waals surface area (Å²) in [5, 5.41) is 24.7. The molecule has 0 spiro atoms. The Morgan fingerprint density at radius 2 is 2.07 bits per heavy atom. The Morgan fingerprint density at radius 3 is 2.67 bits per heavy atom. The molecule has 3 aromatic rings. The van der Waals surface area contributed by atoms with Gasteiger partial charge in [-0.15, -0.1) is 5.10 Å². The third-order valence-electron chi connectivity index (χ3n) is 4.43. The summed E-state index contributed by atoms with van der Waals surface area (Å²) >= 11 is 1.37. The fourth-order valence-corrected chi connectivity index (χ4v) is 4.27. The maximum atomic E-state index is 10.8. The second-order valence-corrected chi connectivity index (χ2v) is 7.06. The molecule has 1 unspecified atom stereocenters. The summed E-state index contributed by atoms with van der Waals surface area (Å²) in [6.45, 7) is 2.37. The molecule has 27 heavy (non-hydrogen) atoms. The van der Waals surface area contributed by atoms with Gasteiger partial charge in [-0.3, -0.25) is 4.90 Å². The maximum Gasteiger partial charge on any atom is 0.230 e. The minimum Gasteiger partial charge on any atom is -0.493 e. The van der Waals surface area contributed by atoms with Crippen LogP contribution in [0.2, 0.25) is 0 Å². The lowest BCUT2D eigenvalue weighted by Gasteiger charge is -2.28. The first-order valence-corrected chi connectivity index (χ1v) is 9.46. The van der Waals surface area contributed by atoms with Gasteiger partial charge in [0.25, 0.3) is 0 Å². The summed E-state index contributed by atoms with van der Waals surface area (Å²) in [4.78, 5) is 7.71. The second-order valence-electron chi connectivity index (χ2n) is 6.06. The van der Waals surface area contributed by atoms with Crippen LogP contribution in [0.3, 0.4) is 0 Å². The van der Waals surface area contributed by atoms with Crippen LogP contribution in [0.5, 0.6) is 17.4 Å². The summed E-state index contributed by atoms with van der Waals surface area (Å²) < 4.78 is 12.5. The quantitative estimate of drug-likeness (QED) is 0.606. The van der Waals surface area contributed by atoms with Crippen molar-refractivity contribution in [2.75, 3.05) is 34.4 Å². The predicted molar refractivity (Wildman–Crippen MR) is 103 cm³/mol. The zero-order valence-electron chi connectivity index (χ0n) is 15.8. The van der Waals surface area contributed by atoms with Crippen LogP contribution in [0.15, 0.2) is 18.2 Å². The molecule has 3 rings (SSSR count). The third-order valence-corrected chi connectivity index (χ3v) is 5.50. The first-order chi connectivity index (χ1) is 13.0. The monoisotopic (exact) mass is 392 g/mol. The van der Waals surface area contributed by atoms with E-state index in [4.69, 9.17) is 9.47 Å². The first-order valence-electron chi connectivity index (χ1n) is 8.64. The van der Waals surface area contributed by atoms with Crippen molar-refractivity contribution in [3.8, 4) is 17.4 Å². The van der Waals surface area contributed by atoms with Crippen LogP contribution in [0, 0.1) is 0 Å². The number of ether oxygens (including phenoxy) is 2. The number of aliphatic hydroxyl groups excluding tert-OH is 1. The number of aromatic hydroxyl groups is 1. The number of fused-ring (bicyclic) bond motifs is 1. The molecule has 0 aliphatic heterocycles. The highest BCUT2D eigenvalue weighted by Crippen LogP contribution is 2.44. The van der Waals surface area contributed by atoms with E-state index in [1.807, 2.05) is 37.1 Å². The zero-order chi connectivity index (χ0) is 19.6. The smallest absolute Gasteiger partial charge is 0.230 e. The van der Waals surface area contributed by atoms with Gasteiger partial charge >= 0.3 is 0 Å². The fraction of sp³-hybridized carbons (Fsp3) is 0.444. The topological polar surface area (TPSA) is 92.4 Å². The number of likely N-dealkylation sites (N-methyl/N-ethyl adjacent to an activating group) is 1. The van der Waals surface area contributed by atoms with Gasteiger partial charge in [0.05, 0.1) is 31.7 Å². The Labute approximate surface area is 161 Å². The molecule has 1 aromatic carbocycles. The average molecular weight is 392 g/mol. The van der Waals surface area contributed by atoms with Crippen LogP contribution in [-0.4, -0.2) is 64.1 Å². The first kappa shape index (κ1) is 19.4. The number of hydrogen-bond donors (Lipinski definition) is 2. The Morgan fingerprint density at radius 1 is 1.30 bits per heavy atom. The van der Waals surface area contributed by atoms with Gasteiger partial charge in [-0.2, -0.15) is 4.52 Å². The molecule has 0 amide bonds.